The molecule has 45 heavy (non-hydrogen) atoms. The molecule has 0 spiro atoms. The minimum atomic E-state index is -1.44. The smallest absolute Gasteiger partial charge is 0.303 e. The number of carbonyl (C=O) groups is 6. The fourth-order valence-corrected chi connectivity index (χ4v) is 6.34. The topological polar surface area (TPSA) is 185 Å². The van der Waals surface area contributed by atoms with Crippen LogP contribution in [-0.4, -0.2) is 112 Å². The van der Waals surface area contributed by atoms with Gasteiger partial charge in [-0.1, -0.05) is 0 Å². The van der Waals surface area contributed by atoms with Gasteiger partial charge >= 0.3 is 23.9 Å². The Bertz CT molecular complexity index is 1830. The number of amides is 2. The summed E-state index contributed by atoms with van der Waals surface area (Å²) in [7, 11) is 1.41. The number of carbonyl (C=O) groups excluding carboxylic acids is 6. The standard InChI is InChI=1S/C29H29N5O11/c1-12(35)41-10-18-23(42-13(2)36)24(43-14(3)37)25(44-15(4)38)29(45-18)34-21-17-9-30-11-33(17)22-20(27(39)32(5)28(22)40)19(21)16-7-6-8-31-26(16)34/h6-9,18,22-25,29H,10-11H2,1-5H3/t18-,22?,23-,24+,25-,29-/m1/s1. The van der Waals surface area contributed by atoms with Crippen LogP contribution in [0.4, 0.5) is 0 Å². The number of pyridine rings is 1. The number of likely N-dealkylation sites (tertiary alicyclic amines) is 1. The van der Waals surface area contributed by atoms with E-state index >= 15 is 0 Å². The maximum absolute atomic E-state index is 13.6. The quantitative estimate of drug-likeness (QED) is 0.201. The Kier molecular flexibility index (Phi) is 7.39. The molecule has 0 bridgehead atoms. The average molecular weight is 624 g/mol. The van der Waals surface area contributed by atoms with Gasteiger partial charge in [0.25, 0.3) is 11.8 Å². The summed E-state index contributed by atoms with van der Waals surface area (Å²) < 4.78 is 30.2. The molecule has 4 aliphatic heterocycles. The molecule has 6 rings (SSSR count). The molecule has 2 aromatic rings. The molecule has 0 radical (unpaired) electrons. The Balaban J connectivity index is 1.67. The van der Waals surface area contributed by atoms with Gasteiger partial charge in [-0.2, -0.15) is 0 Å². The number of esters is 4. The Morgan fingerprint density at radius 2 is 1.62 bits per heavy atom. The van der Waals surface area contributed by atoms with Crippen molar-refractivity contribution in [2.45, 2.75) is 64.4 Å². The monoisotopic (exact) mass is 623 g/mol. The highest BCUT2D eigenvalue weighted by Crippen LogP contribution is 2.37. The molecule has 2 amide bonds. The van der Waals surface area contributed by atoms with Crippen LogP contribution in [0.5, 0.6) is 0 Å². The van der Waals surface area contributed by atoms with E-state index < -0.39 is 79.0 Å². The van der Waals surface area contributed by atoms with Crippen molar-refractivity contribution >= 4 is 64.2 Å². The first-order valence-electron chi connectivity index (χ1n) is 14.0. The molecule has 2 fully saturated rings. The largest absolute Gasteiger partial charge is 0.463 e. The van der Waals surface area contributed by atoms with E-state index in [1.165, 1.54) is 20.2 Å². The Morgan fingerprint density at radius 3 is 2.29 bits per heavy atom. The van der Waals surface area contributed by atoms with Crippen LogP contribution in [0.15, 0.2) is 23.3 Å². The van der Waals surface area contributed by atoms with Crippen LogP contribution in [0.2, 0.25) is 0 Å². The molecule has 0 saturated carbocycles. The third-order valence-electron chi connectivity index (χ3n) is 7.94. The van der Waals surface area contributed by atoms with E-state index in [1.807, 2.05) is 0 Å². The number of ether oxygens (including phenoxy) is 5. The Morgan fingerprint density at radius 1 is 0.956 bits per heavy atom. The van der Waals surface area contributed by atoms with Gasteiger partial charge in [-0.3, -0.25) is 43.2 Å². The van der Waals surface area contributed by atoms with E-state index in [2.05, 4.69) is 9.98 Å². The predicted molar refractivity (Wildman–Crippen MR) is 150 cm³/mol. The molecule has 0 aliphatic carbocycles. The zero-order valence-electron chi connectivity index (χ0n) is 24.9. The van der Waals surface area contributed by atoms with Crippen molar-refractivity contribution in [1.29, 1.82) is 0 Å². The first-order valence-corrected chi connectivity index (χ1v) is 14.0. The van der Waals surface area contributed by atoms with Gasteiger partial charge in [0.2, 0.25) is 0 Å². The maximum atomic E-state index is 13.6. The van der Waals surface area contributed by atoms with Gasteiger partial charge in [0, 0.05) is 57.8 Å². The number of hydrogen-bond acceptors (Lipinski definition) is 14. The van der Waals surface area contributed by atoms with Crippen molar-refractivity contribution in [3.63, 3.8) is 0 Å². The minimum Gasteiger partial charge on any atom is -0.463 e. The highest BCUT2D eigenvalue weighted by Gasteiger charge is 2.55. The van der Waals surface area contributed by atoms with Gasteiger partial charge in [0.1, 0.15) is 31.1 Å². The van der Waals surface area contributed by atoms with Gasteiger partial charge in [-0.25, -0.2) is 4.98 Å². The second kappa shape index (κ2) is 11.1. The number of rotatable bonds is 6. The van der Waals surface area contributed by atoms with E-state index in [1.54, 1.807) is 27.8 Å². The maximum Gasteiger partial charge on any atom is 0.303 e. The number of nitrogens with zero attached hydrogens (tertiary/aromatic N) is 5. The van der Waals surface area contributed by atoms with Crippen LogP contribution in [0.1, 0.15) is 33.9 Å². The third-order valence-corrected chi connectivity index (χ3v) is 7.94. The normalized spacial score (nSPS) is 26.9. The van der Waals surface area contributed by atoms with Crippen molar-refractivity contribution in [2.24, 2.45) is 4.99 Å². The molecule has 6 atom stereocenters. The molecule has 1 unspecified atom stereocenters. The Labute approximate surface area is 254 Å². The van der Waals surface area contributed by atoms with Crippen molar-refractivity contribution in [3.05, 3.63) is 28.9 Å². The summed E-state index contributed by atoms with van der Waals surface area (Å²) in [6.07, 6.45) is -3.74. The van der Waals surface area contributed by atoms with Gasteiger partial charge in [0.15, 0.2) is 24.5 Å². The van der Waals surface area contributed by atoms with Crippen molar-refractivity contribution < 1.29 is 52.5 Å². The molecule has 16 heteroatoms. The number of hydrogen-bond donors (Lipinski definition) is 0. The summed E-state index contributed by atoms with van der Waals surface area (Å²) in [5.41, 5.74) is 0.967. The summed E-state index contributed by atoms with van der Waals surface area (Å²) >= 11 is 0. The van der Waals surface area contributed by atoms with Gasteiger partial charge in [-0.05, 0) is 12.1 Å². The summed E-state index contributed by atoms with van der Waals surface area (Å²) in [6, 6.07) is 2.47. The number of likely N-dealkylation sites (N-methyl/N-ethyl adjacent to an activating group) is 1. The minimum absolute atomic E-state index is 0.0866. The highest BCUT2D eigenvalue weighted by molar-refractivity contribution is 6.33. The summed E-state index contributed by atoms with van der Waals surface area (Å²) in [5, 5.41) is 1.29. The van der Waals surface area contributed by atoms with Crippen molar-refractivity contribution in [1.82, 2.24) is 19.4 Å². The molecule has 0 aromatic carbocycles. The lowest BCUT2D eigenvalue weighted by Crippen LogP contribution is -2.62. The van der Waals surface area contributed by atoms with E-state index in [0.717, 1.165) is 25.7 Å². The first kappa shape index (κ1) is 29.9. The van der Waals surface area contributed by atoms with Gasteiger partial charge in [-0.15, -0.1) is 0 Å². The zero-order chi connectivity index (χ0) is 32.3. The van der Waals surface area contributed by atoms with E-state index in [4.69, 9.17) is 23.7 Å². The number of fused-ring (bicyclic) bond motifs is 6. The number of aliphatic imine (C=N–C) groups is 1. The van der Waals surface area contributed by atoms with E-state index in [9.17, 15) is 28.8 Å². The molecule has 16 nitrogen and oxygen atoms in total. The van der Waals surface area contributed by atoms with Crippen LogP contribution < -0.4 is 10.6 Å². The zero-order valence-corrected chi connectivity index (χ0v) is 24.9. The summed E-state index contributed by atoms with van der Waals surface area (Å²) in [6.45, 7) is 4.26. The second-order valence-electron chi connectivity index (χ2n) is 10.9. The molecule has 4 aliphatic rings. The number of imide groups is 1. The molecule has 0 N–H and O–H groups in total. The average Bonchev–Trinajstić information content (AvgIpc) is 3.64. The first-order chi connectivity index (χ1) is 21.4. The lowest BCUT2D eigenvalue weighted by molar-refractivity contribution is -0.268. The van der Waals surface area contributed by atoms with Crippen LogP contribution in [-0.2, 0) is 52.5 Å². The fraction of sp³-hybridized carbons (Fsp3) is 0.448. The van der Waals surface area contributed by atoms with E-state index in [-0.39, 0.29) is 17.9 Å². The number of aromatic nitrogens is 2. The van der Waals surface area contributed by atoms with Crippen molar-refractivity contribution in [2.75, 3.05) is 20.3 Å². The van der Waals surface area contributed by atoms with E-state index in [0.29, 0.717) is 21.7 Å². The highest BCUT2D eigenvalue weighted by atomic mass is 16.7. The van der Waals surface area contributed by atoms with Crippen LogP contribution in [0.25, 0.3) is 22.3 Å². The molecule has 2 aromatic heterocycles. The molecule has 236 valence electrons. The predicted octanol–water partition coefficient (Wildman–Crippen LogP) is -1.72. The van der Waals surface area contributed by atoms with Crippen LogP contribution >= 0.6 is 0 Å². The molecule has 6 heterocycles. The van der Waals surface area contributed by atoms with Crippen LogP contribution in [0, 0.1) is 0 Å². The van der Waals surface area contributed by atoms with Gasteiger partial charge < -0.3 is 28.6 Å². The molecular weight excluding hydrogens is 594 g/mol. The van der Waals surface area contributed by atoms with Crippen LogP contribution in [0.3, 0.4) is 0 Å². The lowest BCUT2D eigenvalue weighted by Gasteiger charge is -2.45. The molecular formula is C29H29N5O11. The second-order valence-corrected chi connectivity index (χ2v) is 10.9. The fourth-order valence-electron chi connectivity index (χ4n) is 6.34. The SMILES string of the molecule is CC(=O)OC[C@H]1O[C@@H](n2c3c(c4cccnc42)=C2C(=O)N(C)C(=O)C2N2CN=CC=32)[C@H](OC(C)=O)[C@@H](OC(C)=O)[C@@H]1OC(C)=O. The lowest BCUT2D eigenvalue weighted by atomic mass is 9.96. The summed E-state index contributed by atoms with van der Waals surface area (Å²) in [5.74, 6) is -3.88. The van der Waals surface area contributed by atoms with Crippen molar-refractivity contribution in [3.8, 4) is 0 Å². The Hall–Kier alpha value is -5.12. The molecule has 2 saturated heterocycles. The third kappa shape index (κ3) is 4.81. The summed E-state index contributed by atoms with van der Waals surface area (Å²) in [4.78, 5) is 87.5. The van der Waals surface area contributed by atoms with Gasteiger partial charge in [0.05, 0.1) is 16.6 Å².